The predicted octanol–water partition coefficient (Wildman–Crippen LogP) is 3.47. The number of aromatic nitrogens is 2. The normalized spacial score (nSPS) is 10.1. The molecule has 0 unspecified atom stereocenters. The minimum Gasteiger partial charge on any atom is -0.497 e. The first kappa shape index (κ1) is 16.4. The van der Waals surface area contributed by atoms with Crippen LogP contribution in [0.25, 0.3) is 11.3 Å². The molecular formula is C19H18N4O2. The Morgan fingerprint density at radius 3 is 2.72 bits per heavy atom. The number of amides is 2. The van der Waals surface area contributed by atoms with Crippen molar-refractivity contribution < 1.29 is 9.53 Å². The molecule has 0 aliphatic rings. The van der Waals surface area contributed by atoms with Gasteiger partial charge in [-0.1, -0.05) is 12.1 Å². The summed E-state index contributed by atoms with van der Waals surface area (Å²) in [6.07, 6.45) is 5.17. The van der Waals surface area contributed by atoms with E-state index < -0.39 is 0 Å². The Kier molecular flexibility index (Phi) is 5.21. The zero-order chi connectivity index (χ0) is 17.5. The van der Waals surface area contributed by atoms with Gasteiger partial charge in [0.1, 0.15) is 5.75 Å². The number of pyridine rings is 2. The Balaban J connectivity index is 1.66. The monoisotopic (exact) mass is 334 g/mol. The van der Waals surface area contributed by atoms with Crippen LogP contribution in [0.1, 0.15) is 5.56 Å². The Bertz CT molecular complexity index is 853. The Hall–Kier alpha value is -3.41. The standard InChI is InChI=1S/C19H18N4O2/c1-25-17-6-2-5-16(12-17)23-19(24)22-13-15-4-3-9-21-18(15)14-7-10-20-11-8-14/h2-12H,13H2,1H3,(H2,22,23,24). The van der Waals surface area contributed by atoms with Crippen LogP contribution in [0.15, 0.2) is 67.1 Å². The number of carbonyl (C=O) groups excluding carboxylic acids is 1. The maximum absolute atomic E-state index is 12.1. The lowest BCUT2D eigenvalue weighted by molar-refractivity contribution is 0.251. The Morgan fingerprint density at radius 2 is 1.92 bits per heavy atom. The maximum Gasteiger partial charge on any atom is 0.319 e. The molecule has 6 heteroatoms. The Labute approximate surface area is 145 Å². The zero-order valence-electron chi connectivity index (χ0n) is 13.8. The van der Waals surface area contributed by atoms with Crippen LogP contribution < -0.4 is 15.4 Å². The van der Waals surface area contributed by atoms with Gasteiger partial charge in [-0.2, -0.15) is 0 Å². The van der Waals surface area contributed by atoms with Crippen LogP contribution in [0.4, 0.5) is 10.5 Å². The van der Waals surface area contributed by atoms with E-state index in [0.717, 1.165) is 16.8 Å². The molecule has 0 bridgehead atoms. The maximum atomic E-state index is 12.1. The molecule has 1 aromatic carbocycles. The number of nitrogens with zero attached hydrogens (tertiary/aromatic N) is 2. The van der Waals surface area contributed by atoms with Crippen molar-refractivity contribution in [2.45, 2.75) is 6.54 Å². The first-order valence-corrected chi connectivity index (χ1v) is 7.79. The van der Waals surface area contributed by atoms with Crippen molar-refractivity contribution in [1.29, 1.82) is 0 Å². The molecule has 6 nitrogen and oxygen atoms in total. The largest absolute Gasteiger partial charge is 0.497 e. The van der Waals surface area contributed by atoms with E-state index in [0.29, 0.717) is 18.0 Å². The van der Waals surface area contributed by atoms with Gasteiger partial charge in [-0.05, 0) is 35.9 Å². The molecule has 2 amide bonds. The van der Waals surface area contributed by atoms with Crippen LogP contribution in [-0.2, 0) is 6.54 Å². The van der Waals surface area contributed by atoms with E-state index in [1.54, 1.807) is 37.8 Å². The topological polar surface area (TPSA) is 76.1 Å². The van der Waals surface area contributed by atoms with Crippen LogP contribution in [0.3, 0.4) is 0 Å². The number of nitrogens with one attached hydrogen (secondary N) is 2. The molecule has 0 spiro atoms. The second-order valence-corrected chi connectivity index (χ2v) is 5.29. The summed E-state index contributed by atoms with van der Waals surface area (Å²) in [5, 5.41) is 5.63. The number of methoxy groups -OCH3 is 1. The number of rotatable bonds is 5. The molecule has 2 aromatic heterocycles. The highest BCUT2D eigenvalue weighted by molar-refractivity contribution is 5.89. The molecule has 2 heterocycles. The Morgan fingerprint density at radius 1 is 1.08 bits per heavy atom. The van der Waals surface area contributed by atoms with E-state index in [2.05, 4.69) is 20.6 Å². The summed E-state index contributed by atoms with van der Waals surface area (Å²) in [7, 11) is 1.59. The molecule has 3 rings (SSSR count). The summed E-state index contributed by atoms with van der Waals surface area (Å²) in [6.45, 7) is 0.362. The van der Waals surface area contributed by atoms with E-state index in [9.17, 15) is 4.79 Å². The highest BCUT2D eigenvalue weighted by Gasteiger charge is 2.08. The first-order valence-electron chi connectivity index (χ1n) is 7.79. The molecule has 0 atom stereocenters. The SMILES string of the molecule is COc1cccc(NC(=O)NCc2cccnc2-c2ccncc2)c1. The average Bonchev–Trinajstić information content (AvgIpc) is 2.67. The van der Waals surface area contributed by atoms with Gasteiger partial charge in [0.25, 0.3) is 0 Å². The minimum absolute atomic E-state index is 0.294. The molecule has 25 heavy (non-hydrogen) atoms. The fourth-order valence-corrected chi connectivity index (χ4v) is 2.40. The second kappa shape index (κ2) is 7.92. The summed E-state index contributed by atoms with van der Waals surface area (Å²) in [5.74, 6) is 0.685. The van der Waals surface area contributed by atoms with E-state index in [-0.39, 0.29) is 6.03 Å². The molecule has 2 N–H and O–H groups in total. The van der Waals surface area contributed by atoms with Crippen LogP contribution in [0, 0.1) is 0 Å². The van der Waals surface area contributed by atoms with Crippen molar-refractivity contribution in [3.8, 4) is 17.0 Å². The second-order valence-electron chi connectivity index (χ2n) is 5.29. The quantitative estimate of drug-likeness (QED) is 0.749. The summed E-state index contributed by atoms with van der Waals surface area (Å²) in [6, 6.07) is 14.5. The molecule has 0 saturated carbocycles. The van der Waals surface area contributed by atoms with Crippen molar-refractivity contribution in [2.24, 2.45) is 0 Å². The molecule has 0 radical (unpaired) electrons. The van der Waals surface area contributed by atoms with Gasteiger partial charge >= 0.3 is 6.03 Å². The van der Waals surface area contributed by atoms with Gasteiger partial charge in [0, 0.05) is 42.5 Å². The minimum atomic E-state index is -0.294. The lowest BCUT2D eigenvalue weighted by atomic mass is 10.1. The van der Waals surface area contributed by atoms with Crippen molar-refractivity contribution in [2.75, 3.05) is 12.4 Å². The molecule has 0 aliphatic carbocycles. The zero-order valence-corrected chi connectivity index (χ0v) is 13.8. The molecule has 0 fully saturated rings. The molecule has 0 saturated heterocycles. The number of benzene rings is 1. The fourth-order valence-electron chi connectivity index (χ4n) is 2.40. The predicted molar refractivity (Wildman–Crippen MR) is 96.3 cm³/mol. The van der Waals surface area contributed by atoms with Gasteiger partial charge in [0.05, 0.1) is 12.8 Å². The molecule has 0 aliphatic heterocycles. The number of anilines is 1. The summed E-state index contributed by atoms with van der Waals surface area (Å²) < 4.78 is 5.15. The molecule has 3 aromatic rings. The van der Waals surface area contributed by atoms with Crippen molar-refractivity contribution in [3.63, 3.8) is 0 Å². The number of urea groups is 1. The van der Waals surface area contributed by atoms with E-state index in [1.807, 2.05) is 36.4 Å². The average molecular weight is 334 g/mol. The number of hydrogen-bond acceptors (Lipinski definition) is 4. The highest BCUT2D eigenvalue weighted by atomic mass is 16.5. The lowest BCUT2D eigenvalue weighted by Gasteiger charge is -2.11. The van der Waals surface area contributed by atoms with Gasteiger partial charge < -0.3 is 15.4 Å². The third-order valence-electron chi connectivity index (χ3n) is 3.61. The summed E-state index contributed by atoms with van der Waals surface area (Å²) in [5.41, 5.74) is 3.37. The van der Waals surface area contributed by atoms with Gasteiger partial charge in [-0.3, -0.25) is 9.97 Å². The smallest absolute Gasteiger partial charge is 0.319 e. The van der Waals surface area contributed by atoms with E-state index >= 15 is 0 Å². The molecule has 126 valence electrons. The molecular weight excluding hydrogens is 316 g/mol. The number of hydrogen-bond donors (Lipinski definition) is 2. The fraction of sp³-hybridized carbons (Fsp3) is 0.105. The van der Waals surface area contributed by atoms with Gasteiger partial charge in [0.15, 0.2) is 0 Å². The van der Waals surface area contributed by atoms with Gasteiger partial charge in [0.2, 0.25) is 0 Å². The van der Waals surface area contributed by atoms with Crippen LogP contribution in [0.5, 0.6) is 5.75 Å². The van der Waals surface area contributed by atoms with Gasteiger partial charge in [-0.25, -0.2) is 4.79 Å². The number of ether oxygens (including phenoxy) is 1. The van der Waals surface area contributed by atoms with Crippen molar-refractivity contribution in [1.82, 2.24) is 15.3 Å². The lowest BCUT2D eigenvalue weighted by Crippen LogP contribution is -2.28. The van der Waals surface area contributed by atoms with Crippen molar-refractivity contribution in [3.05, 3.63) is 72.7 Å². The third-order valence-corrected chi connectivity index (χ3v) is 3.61. The van der Waals surface area contributed by atoms with E-state index in [4.69, 9.17) is 4.74 Å². The van der Waals surface area contributed by atoms with Crippen LogP contribution >= 0.6 is 0 Å². The summed E-state index contributed by atoms with van der Waals surface area (Å²) >= 11 is 0. The number of carbonyl (C=O) groups is 1. The van der Waals surface area contributed by atoms with Gasteiger partial charge in [-0.15, -0.1) is 0 Å². The van der Waals surface area contributed by atoms with Crippen LogP contribution in [0.2, 0.25) is 0 Å². The van der Waals surface area contributed by atoms with Crippen molar-refractivity contribution >= 4 is 11.7 Å². The first-order chi connectivity index (χ1) is 12.3. The summed E-state index contributed by atoms with van der Waals surface area (Å²) in [4.78, 5) is 20.6. The van der Waals surface area contributed by atoms with Crippen LogP contribution in [-0.4, -0.2) is 23.1 Å². The van der Waals surface area contributed by atoms with E-state index in [1.165, 1.54) is 0 Å². The highest BCUT2D eigenvalue weighted by Crippen LogP contribution is 2.20. The third kappa shape index (κ3) is 4.32.